The number of hydrogen-bond donors (Lipinski definition) is 1. The zero-order chi connectivity index (χ0) is 14.1. The van der Waals surface area contributed by atoms with Crippen LogP contribution in [0.1, 0.15) is 30.9 Å². The number of carbonyl (C=O) groups excluding carboxylic acids is 1. The second kappa shape index (κ2) is 5.62. The molecule has 1 aliphatic heterocycles. The van der Waals surface area contributed by atoms with Gasteiger partial charge in [0.2, 0.25) is 5.91 Å². The molecular formula is C16H20N2OS. The summed E-state index contributed by atoms with van der Waals surface area (Å²) in [5.74, 6) is 0.370. The smallest absolute Gasteiger partial charge is 0.236 e. The number of fused-ring (bicyclic) bond motifs is 1. The third-order valence-electron chi connectivity index (χ3n) is 4.11. The van der Waals surface area contributed by atoms with Crippen LogP contribution in [0.5, 0.6) is 0 Å². The zero-order valence-electron chi connectivity index (χ0n) is 11.9. The van der Waals surface area contributed by atoms with Gasteiger partial charge in [-0.2, -0.15) is 0 Å². The van der Waals surface area contributed by atoms with E-state index in [-0.39, 0.29) is 22.6 Å². The van der Waals surface area contributed by atoms with E-state index in [1.807, 2.05) is 6.07 Å². The Balaban J connectivity index is 1.80. The number of thioether (sulfide) groups is 1. The van der Waals surface area contributed by atoms with Crippen LogP contribution in [0.15, 0.2) is 30.3 Å². The van der Waals surface area contributed by atoms with Crippen molar-refractivity contribution in [2.75, 3.05) is 13.1 Å². The molecule has 1 aromatic rings. The van der Waals surface area contributed by atoms with Crippen LogP contribution in [-0.4, -0.2) is 34.6 Å². The maximum Gasteiger partial charge on any atom is 0.236 e. The maximum absolute atomic E-state index is 12.3. The second-order valence-electron chi connectivity index (χ2n) is 5.15. The minimum atomic E-state index is -0.0134. The van der Waals surface area contributed by atoms with Crippen LogP contribution < -0.4 is 5.32 Å². The van der Waals surface area contributed by atoms with Gasteiger partial charge >= 0.3 is 0 Å². The average Bonchev–Trinajstić information content (AvgIpc) is 3.04. The molecule has 20 heavy (non-hydrogen) atoms. The molecule has 1 aromatic carbocycles. The quantitative estimate of drug-likeness (QED) is 0.924. The fourth-order valence-corrected chi connectivity index (χ4v) is 4.49. The van der Waals surface area contributed by atoms with E-state index in [4.69, 9.17) is 0 Å². The lowest BCUT2D eigenvalue weighted by atomic mass is 9.97. The molecule has 106 valence electrons. The third-order valence-corrected chi connectivity index (χ3v) is 5.58. The zero-order valence-corrected chi connectivity index (χ0v) is 12.7. The molecule has 2 aliphatic rings. The van der Waals surface area contributed by atoms with Crippen LogP contribution in [-0.2, 0) is 4.79 Å². The largest absolute Gasteiger partial charge is 0.331 e. The molecule has 1 fully saturated rings. The van der Waals surface area contributed by atoms with E-state index >= 15 is 0 Å². The van der Waals surface area contributed by atoms with Gasteiger partial charge < -0.3 is 5.32 Å². The van der Waals surface area contributed by atoms with Crippen molar-refractivity contribution in [3.8, 4) is 0 Å². The van der Waals surface area contributed by atoms with Crippen LogP contribution in [0.25, 0.3) is 6.08 Å². The van der Waals surface area contributed by atoms with Crippen molar-refractivity contribution < 1.29 is 4.79 Å². The van der Waals surface area contributed by atoms with Gasteiger partial charge in [-0.05, 0) is 24.2 Å². The standard InChI is InChI=1S/C16H20N2OS/c1-3-18(4-2)16-17-15(19)14(20-16)13-10-9-11-7-5-6-8-12(11)13/h5-10,13-14,16H,3-4H2,1-2H3,(H,17,19). The summed E-state index contributed by atoms with van der Waals surface area (Å²) in [5, 5.41) is 3.12. The normalized spacial score (nSPS) is 27.9. The molecule has 4 heteroatoms. The fourth-order valence-electron chi connectivity index (χ4n) is 2.96. The topological polar surface area (TPSA) is 32.3 Å². The van der Waals surface area contributed by atoms with Crippen molar-refractivity contribution >= 4 is 23.7 Å². The lowest BCUT2D eigenvalue weighted by Crippen LogP contribution is -2.41. The van der Waals surface area contributed by atoms with E-state index in [2.05, 4.69) is 54.4 Å². The van der Waals surface area contributed by atoms with Gasteiger partial charge in [-0.3, -0.25) is 9.69 Å². The van der Waals surface area contributed by atoms with Crippen molar-refractivity contribution in [2.24, 2.45) is 0 Å². The molecule has 0 aromatic heterocycles. The predicted octanol–water partition coefficient (Wildman–Crippen LogP) is 2.65. The lowest BCUT2D eigenvalue weighted by Gasteiger charge is -2.25. The summed E-state index contributed by atoms with van der Waals surface area (Å²) in [7, 11) is 0. The van der Waals surface area contributed by atoms with Crippen LogP contribution in [0.3, 0.4) is 0 Å². The van der Waals surface area contributed by atoms with Gasteiger partial charge in [-0.1, -0.05) is 50.3 Å². The Morgan fingerprint density at radius 1 is 1.25 bits per heavy atom. The molecule has 1 saturated heterocycles. The van der Waals surface area contributed by atoms with Gasteiger partial charge in [0, 0.05) is 5.92 Å². The van der Waals surface area contributed by atoms with Crippen LogP contribution in [0.4, 0.5) is 0 Å². The van der Waals surface area contributed by atoms with Gasteiger partial charge in [0.05, 0.1) is 5.25 Å². The molecule has 3 rings (SSSR count). The molecule has 3 atom stereocenters. The van der Waals surface area contributed by atoms with E-state index in [1.54, 1.807) is 11.8 Å². The van der Waals surface area contributed by atoms with Crippen LogP contribution in [0, 0.1) is 0 Å². The molecule has 1 aliphatic carbocycles. The first-order chi connectivity index (χ1) is 9.74. The first kappa shape index (κ1) is 13.7. The molecule has 1 N–H and O–H groups in total. The number of amides is 1. The SMILES string of the molecule is CCN(CC)C1NC(=O)C(C2C=Cc3ccccc32)S1. The minimum absolute atomic E-state index is 0.0134. The minimum Gasteiger partial charge on any atom is -0.331 e. The lowest BCUT2D eigenvalue weighted by molar-refractivity contribution is -0.120. The van der Waals surface area contributed by atoms with E-state index in [0.717, 1.165) is 13.1 Å². The van der Waals surface area contributed by atoms with Crippen molar-refractivity contribution in [1.29, 1.82) is 0 Å². The number of allylic oxidation sites excluding steroid dienone is 1. The molecule has 0 radical (unpaired) electrons. The molecule has 3 nitrogen and oxygen atoms in total. The van der Waals surface area contributed by atoms with E-state index < -0.39 is 0 Å². The monoisotopic (exact) mass is 288 g/mol. The molecule has 1 heterocycles. The van der Waals surface area contributed by atoms with Crippen molar-refractivity contribution in [3.63, 3.8) is 0 Å². The van der Waals surface area contributed by atoms with Gasteiger partial charge in [0.15, 0.2) is 0 Å². The van der Waals surface area contributed by atoms with Crippen molar-refractivity contribution in [2.45, 2.75) is 30.5 Å². The summed E-state index contributed by atoms with van der Waals surface area (Å²) < 4.78 is 0. The summed E-state index contributed by atoms with van der Waals surface area (Å²) in [6.07, 6.45) is 4.31. The Morgan fingerprint density at radius 2 is 2.00 bits per heavy atom. The van der Waals surface area contributed by atoms with Gasteiger partial charge in [0.25, 0.3) is 0 Å². The molecule has 3 unspecified atom stereocenters. The van der Waals surface area contributed by atoms with E-state index in [1.165, 1.54) is 11.1 Å². The van der Waals surface area contributed by atoms with Crippen molar-refractivity contribution in [1.82, 2.24) is 10.2 Å². The summed E-state index contributed by atoms with van der Waals surface area (Å²) in [5.41, 5.74) is 2.64. The Morgan fingerprint density at radius 3 is 2.75 bits per heavy atom. The summed E-state index contributed by atoms with van der Waals surface area (Å²) in [6.45, 7) is 6.18. The van der Waals surface area contributed by atoms with Crippen molar-refractivity contribution in [3.05, 3.63) is 41.5 Å². The average molecular weight is 288 g/mol. The van der Waals surface area contributed by atoms with Crippen LogP contribution in [0.2, 0.25) is 0 Å². The van der Waals surface area contributed by atoms with E-state index in [9.17, 15) is 4.79 Å². The molecule has 0 saturated carbocycles. The number of nitrogens with one attached hydrogen (secondary N) is 1. The molecular weight excluding hydrogens is 268 g/mol. The van der Waals surface area contributed by atoms with Gasteiger partial charge in [-0.15, -0.1) is 11.8 Å². The first-order valence-corrected chi connectivity index (χ1v) is 8.16. The van der Waals surface area contributed by atoms with Crippen LogP contribution >= 0.6 is 11.8 Å². The predicted molar refractivity (Wildman–Crippen MR) is 84.4 cm³/mol. The number of carbonyl (C=O) groups is 1. The highest BCUT2D eigenvalue weighted by atomic mass is 32.2. The second-order valence-corrected chi connectivity index (χ2v) is 6.38. The Hall–Kier alpha value is -1.26. The molecule has 0 spiro atoms. The Kier molecular flexibility index (Phi) is 3.85. The number of rotatable bonds is 4. The Bertz CT molecular complexity index is 539. The highest BCUT2D eigenvalue weighted by molar-refractivity contribution is 8.01. The first-order valence-electron chi connectivity index (χ1n) is 7.21. The van der Waals surface area contributed by atoms with E-state index in [0.29, 0.717) is 0 Å². The third kappa shape index (κ3) is 2.27. The highest BCUT2D eigenvalue weighted by Crippen LogP contribution is 2.41. The summed E-state index contributed by atoms with van der Waals surface area (Å²) >= 11 is 1.75. The number of benzene rings is 1. The highest BCUT2D eigenvalue weighted by Gasteiger charge is 2.41. The Labute approximate surface area is 124 Å². The molecule has 0 bridgehead atoms. The number of nitrogens with zero attached hydrogens (tertiary/aromatic N) is 1. The molecule has 1 amide bonds. The maximum atomic E-state index is 12.3. The summed E-state index contributed by atoms with van der Waals surface area (Å²) in [4.78, 5) is 14.6. The fraction of sp³-hybridized carbons (Fsp3) is 0.438. The van der Waals surface area contributed by atoms with Gasteiger partial charge in [0.1, 0.15) is 5.50 Å². The summed E-state index contributed by atoms with van der Waals surface area (Å²) in [6, 6.07) is 8.36. The number of hydrogen-bond acceptors (Lipinski definition) is 3. The van der Waals surface area contributed by atoms with Gasteiger partial charge in [-0.25, -0.2) is 0 Å².